The second-order valence-electron chi connectivity index (χ2n) is 8.72. The molecule has 1 atom stereocenters. The van der Waals surface area contributed by atoms with Gasteiger partial charge in [0.25, 0.3) is 0 Å². The van der Waals surface area contributed by atoms with Crippen LogP contribution in [0.5, 0.6) is 0 Å². The molecule has 2 aliphatic rings. The molecule has 0 N–H and O–H groups in total. The molecular formula is C25H26F2N6O2. The first kappa shape index (κ1) is 23.4. The summed E-state index contributed by atoms with van der Waals surface area (Å²) in [5.41, 5.74) is 3.95. The van der Waals surface area contributed by atoms with Crippen molar-refractivity contribution in [3.63, 3.8) is 0 Å². The highest BCUT2D eigenvalue weighted by molar-refractivity contribution is 5.86. The number of aryl methyl sites for hydroxylation is 2. The third kappa shape index (κ3) is 5.33. The Labute approximate surface area is 201 Å². The average molecular weight is 481 g/mol. The second kappa shape index (κ2) is 10.1. The largest absolute Gasteiger partial charge is 0.355 e. The molecule has 1 aliphatic heterocycles. The highest BCUT2D eigenvalue weighted by atomic mass is 19.1. The van der Waals surface area contributed by atoms with Crippen molar-refractivity contribution in [1.82, 2.24) is 29.7 Å². The highest BCUT2D eigenvalue weighted by Crippen LogP contribution is 2.35. The van der Waals surface area contributed by atoms with Crippen LogP contribution in [0.15, 0.2) is 36.9 Å². The molecule has 0 spiro atoms. The number of hydrogen-bond donors (Lipinski definition) is 0. The van der Waals surface area contributed by atoms with Crippen LogP contribution in [0.3, 0.4) is 0 Å². The molecule has 4 aromatic rings. The molecule has 182 valence electrons. The maximum absolute atomic E-state index is 13.9. The summed E-state index contributed by atoms with van der Waals surface area (Å²) in [5, 5.41) is 4.38. The van der Waals surface area contributed by atoms with Gasteiger partial charge in [-0.05, 0) is 51.7 Å². The van der Waals surface area contributed by atoms with Crippen LogP contribution in [-0.2, 0) is 9.47 Å². The van der Waals surface area contributed by atoms with Gasteiger partial charge in [-0.3, -0.25) is 4.68 Å². The van der Waals surface area contributed by atoms with Crippen molar-refractivity contribution in [2.24, 2.45) is 0 Å². The van der Waals surface area contributed by atoms with E-state index >= 15 is 0 Å². The Balaban J connectivity index is 0.000000151. The van der Waals surface area contributed by atoms with Crippen LogP contribution in [-0.4, -0.2) is 43.1 Å². The minimum absolute atomic E-state index is 0.177. The summed E-state index contributed by atoms with van der Waals surface area (Å²) in [6.45, 7) is 4.86. The van der Waals surface area contributed by atoms with Crippen LogP contribution < -0.4 is 0 Å². The van der Waals surface area contributed by atoms with E-state index in [1.165, 1.54) is 36.9 Å². The van der Waals surface area contributed by atoms with Crippen molar-refractivity contribution in [2.75, 3.05) is 13.4 Å². The number of rotatable bonds is 3. The van der Waals surface area contributed by atoms with Gasteiger partial charge in [0.05, 0.1) is 29.7 Å². The maximum Gasteiger partial charge on any atom is 0.182 e. The zero-order valence-electron chi connectivity index (χ0n) is 19.6. The SMILES string of the molecule is Cc1nc2ncnc(-c3ccc(F)cc3F)c2nc1C.c1nn(C2CC2)cc1[C@H]1CCCOCO1. The number of aromatic nitrogens is 6. The minimum Gasteiger partial charge on any atom is -0.355 e. The van der Waals surface area contributed by atoms with Gasteiger partial charge in [0.15, 0.2) is 5.65 Å². The summed E-state index contributed by atoms with van der Waals surface area (Å²) in [7, 11) is 0. The summed E-state index contributed by atoms with van der Waals surface area (Å²) in [6.07, 6.45) is 10.2. The van der Waals surface area contributed by atoms with E-state index in [1.54, 1.807) is 6.92 Å². The van der Waals surface area contributed by atoms with Crippen molar-refractivity contribution in [2.45, 2.75) is 51.7 Å². The van der Waals surface area contributed by atoms with Gasteiger partial charge in [-0.15, -0.1) is 0 Å². The lowest BCUT2D eigenvalue weighted by Gasteiger charge is -2.11. The molecule has 0 radical (unpaired) electrons. The van der Waals surface area contributed by atoms with E-state index in [0.29, 0.717) is 29.7 Å². The van der Waals surface area contributed by atoms with E-state index in [4.69, 9.17) is 9.47 Å². The first-order chi connectivity index (χ1) is 17.0. The summed E-state index contributed by atoms with van der Waals surface area (Å²) in [5.74, 6) is -1.33. The highest BCUT2D eigenvalue weighted by Gasteiger charge is 2.26. The molecule has 0 unspecified atom stereocenters. The standard InChI is InChI=1S/C14H10F2N4.C11H16N2O2/c1-7-8(2)20-14-13(19-7)12(17-6-18-14)10-4-3-9(15)5-11(10)16;1-2-11(15-8-14-5-1)9-6-12-13(7-9)10-3-4-10/h3-6H,1-2H3;6-7,10-11H,1-5,8H2/t;11-/m.1/s1. The van der Waals surface area contributed by atoms with E-state index in [1.807, 2.05) is 13.1 Å². The van der Waals surface area contributed by atoms with E-state index in [9.17, 15) is 8.78 Å². The van der Waals surface area contributed by atoms with Crippen LogP contribution >= 0.6 is 0 Å². The first-order valence-electron chi connectivity index (χ1n) is 11.6. The van der Waals surface area contributed by atoms with Gasteiger partial charge in [0.1, 0.15) is 36.0 Å². The van der Waals surface area contributed by atoms with Crippen LogP contribution in [0.25, 0.3) is 22.4 Å². The lowest BCUT2D eigenvalue weighted by atomic mass is 10.1. The number of benzene rings is 1. The molecule has 1 saturated carbocycles. The summed E-state index contributed by atoms with van der Waals surface area (Å²) >= 11 is 0. The molecule has 8 nitrogen and oxygen atoms in total. The summed E-state index contributed by atoms with van der Waals surface area (Å²) in [4.78, 5) is 16.8. The Bertz CT molecular complexity index is 1330. The van der Waals surface area contributed by atoms with Crippen molar-refractivity contribution in [3.8, 4) is 11.3 Å². The van der Waals surface area contributed by atoms with Gasteiger partial charge in [0.2, 0.25) is 0 Å². The summed E-state index contributed by atoms with van der Waals surface area (Å²) in [6, 6.07) is 3.99. The third-order valence-corrected chi connectivity index (χ3v) is 6.09. The van der Waals surface area contributed by atoms with Gasteiger partial charge in [0, 0.05) is 30.0 Å². The molecule has 1 aromatic carbocycles. The van der Waals surface area contributed by atoms with Crippen molar-refractivity contribution < 1.29 is 18.3 Å². The molecule has 1 saturated heterocycles. The maximum atomic E-state index is 13.9. The predicted octanol–water partition coefficient (Wildman–Crippen LogP) is 5.03. The molecule has 6 rings (SSSR count). The number of hydrogen-bond acceptors (Lipinski definition) is 7. The Morgan fingerprint density at radius 1 is 1.03 bits per heavy atom. The van der Waals surface area contributed by atoms with Crippen molar-refractivity contribution in [1.29, 1.82) is 0 Å². The second-order valence-corrected chi connectivity index (χ2v) is 8.72. The normalized spacial score (nSPS) is 18.1. The summed E-state index contributed by atoms with van der Waals surface area (Å²) < 4.78 is 39.9. The first-order valence-corrected chi connectivity index (χ1v) is 11.6. The van der Waals surface area contributed by atoms with E-state index in [2.05, 4.69) is 35.9 Å². The van der Waals surface area contributed by atoms with Crippen LogP contribution in [0, 0.1) is 25.5 Å². The Hall–Kier alpha value is -3.37. The Morgan fingerprint density at radius 2 is 1.86 bits per heavy atom. The van der Waals surface area contributed by atoms with Crippen molar-refractivity contribution >= 4 is 11.2 Å². The molecule has 2 fully saturated rings. The zero-order chi connectivity index (χ0) is 24.4. The van der Waals surface area contributed by atoms with E-state index < -0.39 is 11.6 Å². The van der Waals surface area contributed by atoms with Gasteiger partial charge in [-0.2, -0.15) is 5.10 Å². The van der Waals surface area contributed by atoms with Gasteiger partial charge < -0.3 is 9.47 Å². The van der Waals surface area contributed by atoms with Crippen LogP contribution in [0.4, 0.5) is 8.78 Å². The fourth-order valence-corrected chi connectivity index (χ4v) is 3.89. The number of halogens is 2. The van der Waals surface area contributed by atoms with E-state index in [0.717, 1.165) is 36.9 Å². The number of nitrogens with zero attached hydrogens (tertiary/aromatic N) is 6. The molecular weight excluding hydrogens is 454 g/mol. The molecule has 0 bridgehead atoms. The van der Waals surface area contributed by atoms with Crippen LogP contribution in [0.2, 0.25) is 0 Å². The topological polar surface area (TPSA) is 87.8 Å². The lowest BCUT2D eigenvalue weighted by Crippen LogP contribution is -2.02. The molecule has 10 heteroatoms. The smallest absolute Gasteiger partial charge is 0.182 e. The third-order valence-electron chi connectivity index (χ3n) is 6.09. The minimum atomic E-state index is -0.690. The molecule has 3 aromatic heterocycles. The average Bonchev–Trinajstić information content (AvgIpc) is 3.63. The molecule has 4 heterocycles. The van der Waals surface area contributed by atoms with Crippen LogP contribution in [0.1, 0.15) is 54.8 Å². The number of ether oxygens (including phenoxy) is 2. The predicted molar refractivity (Wildman–Crippen MR) is 124 cm³/mol. The monoisotopic (exact) mass is 480 g/mol. The molecule has 35 heavy (non-hydrogen) atoms. The van der Waals surface area contributed by atoms with Gasteiger partial charge in [-0.1, -0.05) is 0 Å². The fraction of sp³-hybridized carbons (Fsp3) is 0.400. The van der Waals surface area contributed by atoms with Crippen molar-refractivity contribution in [3.05, 3.63) is 65.5 Å². The van der Waals surface area contributed by atoms with Gasteiger partial charge in [-0.25, -0.2) is 28.7 Å². The van der Waals surface area contributed by atoms with Gasteiger partial charge >= 0.3 is 0 Å². The molecule has 0 amide bonds. The fourth-order valence-electron chi connectivity index (χ4n) is 3.89. The Morgan fingerprint density at radius 3 is 2.66 bits per heavy atom. The Kier molecular flexibility index (Phi) is 6.74. The number of fused-ring (bicyclic) bond motifs is 1. The molecule has 1 aliphatic carbocycles. The lowest BCUT2D eigenvalue weighted by molar-refractivity contribution is -0.0685. The zero-order valence-corrected chi connectivity index (χ0v) is 19.6. The quantitative estimate of drug-likeness (QED) is 0.407. The van der Waals surface area contributed by atoms with E-state index in [-0.39, 0.29) is 11.7 Å².